The van der Waals surface area contributed by atoms with Crippen LogP contribution in [0.1, 0.15) is 79.1 Å². The van der Waals surface area contributed by atoms with Gasteiger partial charge < -0.3 is 9.47 Å². The molecule has 0 spiro atoms. The average molecular weight is 417 g/mol. The highest BCUT2D eigenvalue weighted by Crippen LogP contribution is 2.66. The van der Waals surface area contributed by atoms with Crippen molar-refractivity contribution in [3.05, 3.63) is 11.6 Å². The molecule has 0 aromatic carbocycles. The Morgan fingerprint density at radius 3 is 2.43 bits per heavy atom. The van der Waals surface area contributed by atoms with Gasteiger partial charge in [0, 0.05) is 31.6 Å². The van der Waals surface area contributed by atoms with Crippen molar-refractivity contribution >= 4 is 17.7 Å². The molecule has 0 bridgehead atoms. The number of hydrogen-bond acceptors (Lipinski definition) is 5. The summed E-state index contributed by atoms with van der Waals surface area (Å²) >= 11 is 0. The first-order chi connectivity index (χ1) is 14.2. The van der Waals surface area contributed by atoms with Crippen LogP contribution in [-0.2, 0) is 23.9 Å². The molecule has 7 atom stereocenters. The zero-order chi connectivity index (χ0) is 21.7. The van der Waals surface area contributed by atoms with Crippen LogP contribution in [-0.4, -0.2) is 30.4 Å². The van der Waals surface area contributed by atoms with Crippen LogP contribution < -0.4 is 0 Å². The van der Waals surface area contributed by atoms with Crippen LogP contribution >= 0.6 is 0 Å². The van der Waals surface area contributed by atoms with Crippen molar-refractivity contribution in [1.82, 2.24) is 0 Å². The number of carbonyl (C=O) groups is 3. The Bertz CT molecular complexity index is 770. The minimum absolute atomic E-state index is 0.0711. The Hall–Kier alpha value is -1.65. The van der Waals surface area contributed by atoms with Crippen molar-refractivity contribution in [3.8, 4) is 0 Å². The first kappa shape index (κ1) is 21.6. The van der Waals surface area contributed by atoms with E-state index in [1.54, 1.807) is 6.92 Å². The maximum atomic E-state index is 12.3. The van der Waals surface area contributed by atoms with E-state index in [4.69, 9.17) is 9.47 Å². The molecular formula is C25H36O5. The van der Waals surface area contributed by atoms with Crippen molar-refractivity contribution in [2.75, 3.05) is 6.61 Å². The first-order valence-electron chi connectivity index (χ1n) is 11.7. The van der Waals surface area contributed by atoms with Crippen molar-refractivity contribution in [2.45, 2.75) is 85.2 Å². The predicted molar refractivity (Wildman–Crippen MR) is 112 cm³/mol. The van der Waals surface area contributed by atoms with Gasteiger partial charge in [-0.25, -0.2) is 0 Å². The van der Waals surface area contributed by atoms with E-state index in [0.717, 1.165) is 51.4 Å². The fraction of sp³-hybridized carbons (Fsp3) is 0.800. The molecule has 0 unspecified atom stereocenters. The molecule has 0 radical (unpaired) electrons. The second-order valence-corrected chi connectivity index (χ2v) is 10.5. The molecule has 4 aliphatic rings. The summed E-state index contributed by atoms with van der Waals surface area (Å²) in [5.74, 6) is 1.66. The molecule has 0 aromatic rings. The number of Topliss-reactive ketones (excluding diaryl/α,β-unsaturated/α-hetero) is 1. The molecule has 3 saturated carbocycles. The fourth-order valence-electron chi connectivity index (χ4n) is 7.93. The maximum absolute atomic E-state index is 12.3. The van der Waals surface area contributed by atoms with Gasteiger partial charge in [0.2, 0.25) is 0 Å². The number of esters is 2. The molecule has 4 aliphatic carbocycles. The number of allylic oxidation sites excluding steroid dienone is 1. The van der Waals surface area contributed by atoms with Gasteiger partial charge >= 0.3 is 11.9 Å². The lowest BCUT2D eigenvalue weighted by Gasteiger charge is -2.58. The van der Waals surface area contributed by atoms with Crippen LogP contribution in [0.4, 0.5) is 0 Å². The van der Waals surface area contributed by atoms with Crippen molar-refractivity contribution in [2.24, 2.45) is 34.5 Å². The summed E-state index contributed by atoms with van der Waals surface area (Å²) in [6.07, 6.45) is 10.1. The van der Waals surface area contributed by atoms with Gasteiger partial charge in [0.15, 0.2) is 0 Å². The lowest BCUT2D eigenvalue weighted by molar-refractivity contribution is -0.154. The molecule has 5 heteroatoms. The zero-order valence-corrected chi connectivity index (χ0v) is 18.9. The highest BCUT2D eigenvalue weighted by Gasteiger charge is 2.61. The van der Waals surface area contributed by atoms with Gasteiger partial charge in [0.25, 0.3) is 0 Å². The molecule has 0 aliphatic heterocycles. The van der Waals surface area contributed by atoms with E-state index in [1.165, 1.54) is 19.4 Å². The monoisotopic (exact) mass is 416 g/mol. The van der Waals surface area contributed by atoms with Crippen LogP contribution in [0.5, 0.6) is 0 Å². The Morgan fingerprint density at radius 1 is 1.00 bits per heavy atom. The molecule has 4 rings (SSSR count). The van der Waals surface area contributed by atoms with Crippen LogP contribution in [0.25, 0.3) is 0 Å². The van der Waals surface area contributed by atoms with E-state index in [-0.39, 0.29) is 34.8 Å². The largest absolute Gasteiger partial charge is 0.465 e. The summed E-state index contributed by atoms with van der Waals surface area (Å²) in [7, 11) is 0. The highest BCUT2D eigenvalue weighted by molar-refractivity contribution is 5.79. The quantitative estimate of drug-likeness (QED) is 0.494. The first-order valence-corrected chi connectivity index (χ1v) is 11.7. The van der Waals surface area contributed by atoms with Gasteiger partial charge in [0.1, 0.15) is 18.5 Å². The summed E-state index contributed by atoms with van der Waals surface area (Å²) in [6.45, 7) is 7.50. The summed E-state index contributed by atoms with van der Waals surface area (Å²) in [6, 6.07) is 0. The molecule has 0 heterocycles. The van der Waals surface area contributed by atoms with Gasteiger partial charge in [-0.15, -0.1) is 0 Å². The Morgan fingerprint density at radius 2 is 1.77 bits per heavy atom. The van der Waals surface area contributed by atoms with E-state index in [0.29, 0.717) is 30.1 Å². The standard InChI is InChI=1S/C25H36O5/c1-15(26)21-7-8-22-20-6-5-18-13-19(30-17(3)28)9-12-25(18,14-29-16(2)27)23(20)10-11-24(21,22)4/h5,19-23H,6-14H2,1-4H3/t19-,20-,21+,22-,23-,24+,25+/m0/s1. The molecule has 0 saturated heterocycles. The Labute approximate surface area is 179 Å². The number of carbonyl (C=O) groups excluding carboxylic acids is 3. The van der Waals surface area contributed by atoms with Gasteiger partial charge in [-0.3, -0.25) is 14.4 Å². The number of rotatable bonds is 4. The van der Waals surface area contributed by atoms with Crippen molar-refractivity contribution in [1.29, 1.82) is 0 Å². The lowest BCUT2D eigenvalue weighted by Crippen LogP contribution is -2.54. The Balaban J connectivity index is 1.65. The zero-order valence-electron chi connectivity index (χ0n) is 18.9. The fourth-order valence-corrected chi connectivity index (χ4v) is 7.93. The topological polar surface area (TPSA) is 69.7 Å². The van der Waals surface area contributed by atoms with E-state index in [2.05, 4.69) is 13.0 Å². The van der Waals surface area contributed by atoms with Crippen LogP contribution in [0, 0.1) is 34.5 Å². The highest BCUT2D eigenvalue weighted by atomic mass is 16.5. The van der Waals surface area contributed by atoms with Crippen LogP contribution in [0.2, 0.25) is 0 Å². The van der Waals surface area contributed by atoms with E-state index in [9.17, 15) is 14.4 Å². The van der Waals surface area contributed by atoms with Gasteiger partial charge in [-0.05, 0) is 75.0 Å². The second kappa shape index (κ2) is 7.80. The van der Waals surface area contributed by atoms with E-state index >= 15 is 0 Å². The van der Waals surface area contributed by atoms with Gasteiger partial charge in [-0.2, -0.15) is 0 Å². The normalized spacial score (nSPS) is 42.3. The molecule has 30 heavy (non-hydrogen) atoms. The van der Waals surface area contributed by atoms with Gasteiger partial charge in [0.05, 0.1) is 0 Å². The summed E-state index contributed by atoms with van der Waals surface area (Å²) < 4.78 is 11.2. The third-order valence-electron chi connectivity index (χ3n) is 9.14. The average Bonchev–Trinajstić information content (AvgIpc) is 3.03. The molecule has 3 fully saturated rings. The maximum Gasteiger partial charge on any atom is 0.302 e. The summed E-state index contributed by atoms with van der Waals surface area (Å²) in [5, 5.41) is 0. The Kier molecular flexibility index (Phi) is 5.61. The third-order valence-corrected chi connectivity index (χ3v) is 9.14. The van der Waals surface area contributed by atoms with E-state index in [1.807, 2.05) is 0 Å². The van der Waals surface area contributed by atoms with Gasteiger partial charge in [-0.1, -0.05) is 18.6 Å². The van der Waals surface area contributed by atoms with Crippen LogP contribution in [0.3, 0.4) is 0 Å². The number of ether oxygens (including phenoxy) is 2. The molecule has 0 N–H and O–H groups in total. The van der Waals surface area contributed by atoms with Crippen LogP contribution in [0.15, 0.2) is 11.6 Å². The SMILES string of the molecule is CC(=O)OC[C@]12CC[C@H](OC(C)=O)CC1=CC[C@@H]1[C@@H]2CC[C@]2(C)[C@@H](C(C)=O)CC[C@@H]12. The minimum Gasteiger partial charge on any atom is -0.465 e. The number of hydrogen-bond donors (Lipinski definition) is 0. The molecule has 5 nitrogen and oxygen atoms in total. The molecular weight excluding hydrogens is 380 g/mol. The third kappa shape index (κ3) is 3.42. The summed E-state index contributed by atoms with van der Waals surface area (Å²) in [5.41, 5.74) is 1.30. The van der Waals surface area contributed by atoms with Crippen molar-refractivity contribution < 1.29 is 23.9 Å². The molecule has 0 aromatic heterocycles. The molecule has 0 amide bonds. The number of fused-ring (bicyclic) bond motifs is 5. The lowest BCUT2D eigenvalue weighted by atomic mass is 9.47. The molecule has 166 valence electrons. The minimum atomic E-state index is -0.230. The van der Waals surface area contributed by atoms with Crippen molar-refractivity contribution in [3.63, 3.8) is 0 Å². The predicted octanol–water partition coefficient (Wildman–Crippen LogP) is 4.63. The smallest absolute Gasteiger partial charge is 0.302 e. The van der Waals surface area contributed by atoms with E-state index < -0.39 is 0 Å². The number of ketones is 1. The second-order valence-electron chi connectivity index (χ2n) is 10.5. The summed E-state index contributed by atoms with van der Waals surface area (Å²) in [4.78, 5) is 35.6.